The zero-order valence-corrected chi connectivity index (χ0v) is 32.9. The van der Waals surface area contributed by atoms with E-state index in [-0.39, 0.29) is 23.3 Å². The van der Waals surface area contributed by atoms with Gasteiger partial charge in [-0.1, -0.05) is 117 Å². The van der Waals surface area contributed by atoms with E-state index in [1.807, 2.05) is 79.6 Å². The summed E-state index contributed by atoms with van der Waals surface area (Å²) in [6, 6.07) is 31.2. The number of carbonyl (C=O) groups excluding carboxylic acids is 3. The smallest absolute Gasteiger partial charge is 0.311 e. The van der Waals surface area contributed by atoms with Crippen molar-refractivity contribution in [2.24, 2.45) is 0 Å². The first kappa shape index (κ1) is 42.1. The van der Waals surface area contributed by atoms with Crippen LogP contribution in [0.2, 0.25) is 0 Å². The highest BCUT2D eigenvalue weighted by Crippen LogP contribution is 2.40. The summed E-state index contributed by atoms with van der Waals surface area (Å²) >= 11 is 0. The normalized spacial score (nSPS) is 16.0. The van der Waals surface area contributed by atoms with Gasteiger partial charge < -0.3 is 14.9 Å². The second kappa shape index (κ2) is 23.9. The number of rotatable bonds is 15. The average Bonchev–Trinajstić information content (AvgIpc) is 3.92. The molecule has 2 aliphatic rings. The molecule has 0 aliphatic carbocycles. The van der Waals surface area contributed by atoms with Crippen molar-refractivity contribution in [3.05, 3.63) is 131 Å². The Morgan fingerprint density at radius 1 is 0.566 bits per heavy atom. The SMILES string of the molecule is O=C(CCCCC1CCSS1)Oc1ccc(C(=O)c2ccccc2)cc1.O=C(O)CCCCC1CCSS1.O=C(c1ccccc1)c1ccc(O)cc1. The molecule has 2 heterocycles. The lowest BCUT2D eigenvalue weighted by atomic mass is 10.0. The second-order valence-corrected chi connectivity index (χ2v) is 18.1. The number of aliphatic carboxylic acids is 1. The van der Waals surface area contributed by atoms with Gasteiger partial charge >= 0.3 is 11.9 Å². The van der Waals surface area contributed by atoms with Gasteiger partial charge in [-0.15, -0.1) is 0 Å². The number of phenolic OH excluding ortho intramolecular Hbond substituents is 1. The molecule has 0 radical (unpaired) electrons. The zero-order chi connectivity index (χ0) is 37.7. The van der Waals surface area contributed by atoms with E-state index in [0.29, 0.717) is 40.8 Å². The van der Waals surface area contributed by atoms with Gasteiger partial charge in [0.05, 0.1) is 0 Å². The van der Waals surface area contributed by atoms with Gasteiger partial charge in [-0.2, -0.15) is 0 Å². The van der Waals surface area contributed by atoms with Crippen molar-refractivity contribution in [1.29, 1.82) is 0 Å². The number of carboxylic acids is 1. The number of esters is 1. The van der Waals surface area contributed by atoms with E-state index in [9.17, 15) is 19.2 Å². The molecule has 4 aromatic carbocycles. The number of benzene rings is 4. The molecule has 11 heteroatoms. The number of ether oxygens (including phenoxy) is 1. The van der Waals surface area contributed by atoms with Gasteiger partial charge in [0.15, 0.2) is 11.6 Å². The van der Waals surface area contributed by atoms with Crippen molar-refractivity contribution >= 4 is 66.7 Å². The second-order valence-electron chi connectivity index (χ2n) is 12.5. The number of hydrogen-bond acceptors (Lipinski definition) is 10. The minimum Gasteiger partial charge on any atom is -0.508 e. The Bertz CT molecular complexity index is 1690. The Kier molecular flexibility index (Phi) is 19.0. The number of aromatic hydroxyl groups is 1. The molecule has 2 saturated heterocycles. The van der Waals surface area contributed by atoms with E-state index >= 15 is 0 Å². The first-order valence-electron chi connectivity index (χ1n) is 17.9. The lowest BCUT2D eigenvalue weighted by molar-refractivity contribution is -0.137. The summed E-state index contributed by atoms with van der Waals surface area (Å²) in [4.78, 5) is 46.4. The van der Waals surface area contributed by atoms with E-state index in [2.05, 4.69) is 0 Å². The largest absolute Gasteiger partial charge is 0.508 e. The molecule has 4 aromatic rings. The molecular weight excluding hydrogens is 745 g/mol. The minimum absolute atomic E-state index is 0.0319. The minimum atomic E-state index is -0.663. The van der Waals surface area contributed by atoms with Crippen LogP contribution in [0.3, 0.4) is 0 Å². The highest BCUT2D eigenvalue weighted by atomic mass is 33.1. The van der Waals surface area contributed by atoms with Gasteiger partial charge in [-0.25, -0.2) is 0 Å². The molecule has 0 saturated carbocycles. The summed E-state index contributed by atoms with van der Waals surface area (Å²) in [6.07, 6.45) is 9.60. The first-order valence-corrected chi connectivity index (χ1v) is 22.6. The Morgan fingerprint density at radius 3 is 1.43 bits per heavy atom. The van der Waals surface area contributed by atoms with Crippen LogP contribution in [-0.2, 0) is 9.59 Å². The van der Waals surface area contributed by atoms with Crippen molar-refractivity contribution in [3.8, 4) is 11.5 Å². The van der Waals surface area contributed by atoms with E-state index in [1.54, 1.807) is 60.7 Å². The Hall–Kier alpha value is -3.64. The van der Waals surface area contributed by atoms with Crippen LogP contribution < -0.4 is 4.74 Å². The van der Waals surface area contributed by atoms with Crippen molar-refractivity contribution < 1.29 is 34.1 Å². The number of carboxylic acid groups (broad SMARTS) is 1. The summed E-state index contributed by atoms with van der Waals surface area (Å²) in [7, 11) is 7.85. The molecule has 53 heavy (non-hydrogen) atoms. The third-order valence-electron chi connectivity index (χ3n) is 8.33. The first-order chi connectivity index (χ1) is 25.8. The molecule has 2 atom stereocenters. The van der Waals surface area contributed by atoms with E-state index in [4.69, 9.17) is 14.9 Å². The lowest BCUT2D eigenvalue weighted by Gasteiger charge is -2.07. The number of unbranched alkanes of at least 4 members (excludes halogenated alkanes) is 2. The fourth-order valence-electron chi connectivity index (χ4n) is 5.40. The third-order valence-corrected chi connectivity index (χ3v) is 14.3. The maximum absolute atomic E-state index is 12.4. The number of ketones is 2. The van der Waals surface area contributed by atoms with E-state index in [0.717, 1.165) is 36.2 Å². The van der Waals surface area contributed by atoms with Crippen LogP contribution in [0.15, 0.2) is 109 Å². The van der Waals surface area contributed by atoms with Crippen LogP contribution in [0, 0.1) is 0 Å². The Morgan fingerprint density at radius 2 is 1.00 bits per heavy atom. The predicted molar refractivity (Wildman–Crippen MR) is 221 cm³/mol. The van der Waals surface area contributed by atoms with Crippen LogP contribution in [0.4, 0.5) is 0 Å². The fourth-order valence-corrected chi connectivity index (χ4v) is 11.5. The third kappa shape index (κ3) is 16.1. The molecule has 2 unspecified atom stereocenters. The van der Waals surface area contributed by atoms with Crippen LogP contribution in [0.1, 0.15) is 96.1 Å². The quantitative estimate of drug-likeness (QED) is 0.0394. The van der Waals surface area contributed by atoms with E-state index < -0.39 is 5.97 Å². The standard InChI is InChI=1S/C21H22O3S2.C13H10O2.C8H14O2S2/c22-20(9-5-4-8-19-14-15-25-26-19)24-18-12-10-17(11-13-18)21(23)16-6-2-1-3-7-16;14-12-8-6-11(7-9-12)13(15)10-4-2-1-3-5-10;9-8(10)4-2-1-3-7-5-6-11-12-7/h1-3,6-7,10-13,19H,4-5,8-9,14-15H2;1-9,14H;7H,1-6H2,(H,9,10). The van der Waals surface area contributed by atoms with Crippen LogP contribution in [0.25, 0.3) is 0 Å². The molecule has 2 fully saturated rings. The molecule has 0 spiro atoms. The van der Waals surface area contributed by atoms with Gasteiger partial charge in [-0.05, 0) is 87.1 Å². The molecular formula is C42H46O7S4. The Balaban J connectivity index is 0.000000196. The van der Waals surface area contributed by atoms with Crippen LogP contribution in [-0.4, -0.2) is 55.7 Å². The van der Waals surface area contributed by atoms with Gasteiger partial charge in [-0.3, -0.25) is 19.2 Å². The molecule has 7 nitrogen and oxygen atoms in total. The monoisotopic (exact) mass is 790 g/mol. The molecule has 6 rings (SSSR count). The summed E-state index contributed by atoms with van der Waals surface area (Å²) < 4.78 is 5.37. The summed E-state index contributed by atoms with van der Waals surface area (Å²) in [5, 5.41) is 19.0. The highest BCUT2D eigenvalue weighted by Gasteiger charge is 2.17. The fraction of sp³-hybridized carbons (Fsp3) is 0.333. The highest BCUT2D eigenvalue weighted by molar-refractivity contribution is 8.77. The molecule has 0 amide bonds. The topological polar surface area (TPSA) is 118 Å². The van der Waals surface area contributed by atoms with Gasteiger partial charge in [0.1, 0.15) is 11.5 Å². The van der Waals surface area contributed by atoms with Crippen molar-refractivity contribution in [2.45, 2.75) is 74.7 Å². The Labute approximate surface area is 328 Å². The summed E-state index contributed by atoms with van der Waals surface area (Å²) in [5.74, 6) is 2.24. The maximum Gasteiger partial charge on any atom is 0.311 e. The molecule has 0 aromatic heterocycles. The van der Waals surface area contributed by atoms with Gasteiger partial charge in [0.25, 0.3) is 0 Å². The van der Waals surface area contributed by atoms with Crippen molar-refractivity contribution in [2.75, 3.05) is 11.5 Å². The molecule has 280 valence electrons. The van der Waals surface area contributed by atoms with Gasteiger partial charge in [0, 0.05) is 57.1 Å². The van der Waals surface area contributed by atoms with Gasteiger partial charge in [0.2, 0.25) is 0 Å². The van der Waals surface area contributed by atoms with Crippen LogP contribution >= 0.6 is 43.2 Å². The predicted octanol–water partition coefficient (Wildman–Crippen LogP) is 10.9. The lowest BCUT2D eigenvalue weighted by Crippen LogP contribution is -2.08. The van der Waals surface area contributed by atoms with Crippen LogP contribution in [0.5, 0.6) is 11.5 Å². The molecule has 2 N–H and O–H groups in total. The number of phenols is 1. The molecule has 2 aliphatic heterocycles. The maximum atomic E-state index is 12.4. The summed E-state index contributed by atoms with van der Waals surface area (Å²) in [5.41, 5.74) is 2.47. The number of carbonyl (C=O) groups is 4. The van der Waals surface area contributed by atoms with Crippen molar-refractivity contribution in [3.63, 3.8) is 0 Å². The zero-order valence-electron chi connectivity index (χ0n) is 29.6. The molecule has 0 bridgehead atoms. The van der Waals surface area contributed by atoms with E-state index in [1.165, 1.54) is 49.3 Å². The van der Waals surface area contributed by atoms with Crippen molar-refractivity contribution in [1.82, 2.24) is 0 Å². The average molecular weight is 791 g/mol. The number of hydrogen-bond donors (Lipinski definition) is 2. The summed E-state index contributed by atoms with van der Waals surface area (Å²) in [6.45, 7) is 0.